The molecule has 2 rings (SSSR count). The first-order chi connectivity index (χ1) is 26.4. The van der Waals surface area contributed by atoms with Gasteiger partial charge in [0.15, 0.2) is 5.78 Å². The highest BCUT2D eigenvalue weighted by Crippen LogP contribution is 2.64. The minimum Gasteiger partial charge on any atom is -1.00 e. The molecule has 2 aromatic carbocycles. The lowest BCUT2D eigenvalue weighted by Gasteiger charge is -2.29. The summed E-state index contributed by atoms with van der Waals surface area (Å²) in [6.07, 6.45) is 44.4. The number of hydrogen-bond acceptors (Lipinski definition) is 1. The van der Waals surface area contributed by atoms with E-state index in [1.54, 1.807) is 0 Å². The van der Waals surface area contributed by atoms with Gasteiger partial charge >= 0.3 is 0 Å². The van der Waals surface area contributed by atoms with Crippen LogP contribution in [0.3, 0.4) is 0 Å². The molecule has 0 radical (unpaired) electrons. The molecule has 0 aliphatic rings. The van der Waals surface area contributed by atoms with E-state index in [9.17, 15) is 4.79 Å². The van der Waals surface area contributed by atoms with Gasteiger partial charge < -0.3 is 34.0 Å². The van der Waals surface area contributed by atoms with Gasteiger partial charge in [-0.2, -0.15) is 0 Å². The van der Waals surface area contributed by atoms with E-state index in [0.717, 1.165) is 11.1 Å². The van der Waals surface area contributed by atoms with Gasteiger partial charge in [0.1, 0.15) is 0 Å². The number of carbonyl (C=O) groups is 1. The van der Waals surface area contributed by atoms with Crippen LogP contribution in [0, 0.1) is 0 Å². The highest BCUT2D eigenvalue weighted by molar-refractivity contribution is 7.75. The maximum Gasteiger partial charge on any atom is 0.193 e. The van der Waals surface area contributed by atoms with E-state index >= 15 is 0 Å². The molecule has 0 atom stereocenters. The number of rotatable bonds is 36. The molecule has 5 heteroatoms. The van der Waals surface area contributed by atoms with Crippen LogP contribution in [0.4, 0.5) is 0 Å². The van der Waals surface area contributed by atoms with Crippen molar-refractivity contribution in [1.82, 2.24) is 0 Å². The smallest absolute Gasteiger partial charge is 0.193 e. The summed E-state index contributed by atoms with van der Waals surface area (Å²) in [5.41, 5.74) is 4.67. The van der Waals surface area contributed by atoms with Crippen LogP contribution in [0.15, 0.2) is 48.5 Å². The van der Waals surface area contributed by atoms with E-state index in [1.807, 2.05) is 0 Å². The van der Waals surface area contributed by atoms with Crippen LogP contribution in [-0.4, -0.2) is 42.8 Å². The van der Waals surface area contributed by atoms with Crippen molar-refractivity contribution < 1.29 is 38.8 Å². The lowest BCUT2D eigenvalue weighted by atomic mass is 10.0. The van der Waals surface area contributed by atoms with Gasteiger partial charge in [0.05, 0.1) is 49.3 Å². The summed E-state index contributed by atoms with van der Waals surface area (Å²) in [7, 11) is -2.15. The van der Waals surface area contributed by atoms with Crippen LogP contribution < -0.4 is 34.0 Å². The van der Waals surface area contributed by atoms with Crippen molar-refractivity contribution >= 4 is 20.3 Å². The van der Waals surface area contributed by atoms with Crippen molar-refractivity contribution in [2.24, 2.45) is 0 Å². The summed E-state index contributed by atoms with van der Waals surface area (Å²) in [6.45, 7) is 14.0. The molecule has 0 heterocycles. The molecular weight excluding hydrogens is 850 g/mol. The van der Waals surface area contributed by atoms with Crippen molar-refractivity contribution in [1.29, 1.82) is 0 Å². The predicted molar refractivity (Wildman–Crippen MR) is 252 cm³/mol. The van der Waals surface area contributed by atoms with Gasteiger partial charge in [-0.1, -0.05) is 167 Å². The first kappa shape index (κ1) is 55.9. The largest absolute Gasteiger partial charge is 1.00 e. The summed E-state index contributed by atoms with van der Waals surface area (Å²) in [6, 6.07) is 17.9. The van der Waals surface area contributed by atoms with Gasteiger partial charge in [-0.05, 0) is 88.2 Å². The van der Waals surface area contributed by atoms with Crippen molar-refractivity contribution in [3.63, 3.8) is 0 Å². The molecule has 2 aromatic rings. The fourth-order valence-electron chi connectivity index (χ4n) is 8.85. The molecule has 324 valence electrons. The van der Waals surface area contributed by atoms with E-state index in [4.69, 9.17) is 0 Å². The second-order valence-corrected chi connectivity index (χ2v) is 26.1. The summed E-state index contributed by atoms with van der Waals surface area (Å²) in [4.78, 5) is 13.9. The van der Waals surface area contributed by atoms with Gasteiger partial charge in [0.25, 0.3) is 0 Å². The Labute approximate surface area is 372 Å². The van der Waals surface area contributed by atoms with Crippen molar-refractivity contribution in [3.05, 3.63) is 70.8 Å². The molecule has 0 spiro atoms. The highest BCUT2D eigenvalue weighted by atomic mass is 79.9. The zero-order valence-electron chi connectivity index (χ0n) is 37.8. The van der Waals surface area contributed by atoms with Crippen LogP contribution >= 0.6 is 14.5 Å². The van der Waals surface area contributed by atoms with Crippen molar-refractivity contribution in [3.8, 4) is 0 Å². The maximum absolute atomic E-state index is 13.9. The summed E-state index contributed by atoms with van der Waals surface area (Å²) in [5, 5.41) is 0. The van der Waals surface area contributed by atoms with Crippen molar-refractivity contribution in [2.75, 3.05) is 37.0 Å². The Hall–Kier alpha value is -0.0700. The van der Waals surface area contributed by atoms with Gasteiger partial charge in [0, 0.05) is 25.7 Å². The van der Waals surface area contributed by atoms with E-state index in [2.05, 4.69) is 90.1 Å². The molecule has 0 aliphatic carbocycles. The van der Waals surface area contributed by atoms with Crippen LogP contribution in [0.5, 0.6) is 0 Å². The Balaban J connectivity index is 0.0000151. The third kappa shape index (κ3) is 23.6. The minimum atomic E-state index is -1.07. The fourth-order valence-corrected chi connectivity index (χ4v) is 18.5. The molecule has 0 amide bonds. The predicted octanol–water partition coefficient (Wildman–Crippen LogP) is 11.4. The lowest BCUT2D eigenvalue weighted by Crippen LogP contribution is -3.00. The Morgan fingerprint density at radius 2 is 0.554 bits per heavy atom. The van der Waals surface area contributed by atoms with E-state index in [-0.39, 0.29) is 39.7 Å². The number of ketones is 1. The molecule has 0 aliphatic heterocycles. The summed E-state index contributed by atoms with van der Waals surface area (Å²) in [5.74, 6) is 0.188. The summed E-state index contributed by atoms with van der Waals surface area (Å²) < 4.78 is 0. The summed E-state index contributed by atoms with van der Waals surface area (Å²) >= 11 is 0. The fraction of sp³-hybridized carbons (Fsp3) is 0.745. The zero-order valence-corrected chi connectivity index (χ0v) is 42.8. The van der Waals surface area contributed by atoms with Gasteiger partial charge in [-0.3, -0.25) is 4.79 Å². The van der Waals surface area contributed by atoms with Crippen LogP contribution in [0.1, 0.15) is 223 Å². The van der Waals surface area contributed by atoms with E-state index in [1.165, 1.54) is 215 Å². The molecule has 0 saturated carbocycles. The average Bonchev–Trinajstić information content (AvgIpc) is 3.19. The standard InChI is InChI=1S/C51H90OP2.2BrH/c1-7-13-19-25-39-53(40-26-20-14-8-2,41-27-21-15-9-3)45-47-31-35-49(36-32-47)51(52)50-37-33-48(34-38-50)46-54(42-28-22-16-10-4,43-29-23-17-11-5)44-30-24-18-12-6;;/h31-38H,7-30,39-46H2,1-6H3;2*1H/q+2;;/p-2. The molecule has 1 nitrogen and oxygen atoms in total. The molecule has 0 saturated heterocycles. The Morgan fingerprint density at radius 1 is 0.339 bits per heavy atom. The molecule has 0 aromatic heterocycles. The normalized spacial score (nSPS) is 11.7. The van der Waals surface area contributed by atoms with E-state index in [0.29, 0.717) is 0 Å². The second kappa shape index (κ2) is 35.7. The van der Waals surface area contributed by atoms with Crippen molar-refractivity contribution in [2.45, 2.75) is 208 Å². The SMILES string of the molecule is CCCCCC[P+](CCCCCC)(CCCCCC)Cc1ccc(C(=O)c2ccc(C[P+](CCCCCC)(CCCCCC)CCCCCC)cc2)cc1.[Br-].[Br-]. The Morgan fingerprint density at radius 3 is 0.750 bits per heavy atom. The average molecular weight is 941 g/mol. The Kier molecular flexibility index (Phi) is 35.6. The van der Waals surface area contributed by atoms with Gasteiger partial charge in [0.2, 0.25) is 0 Å². The number of carbonyl (C=O) groups excluding carboxylic acids is 1. The quantitative estimate of drug-likeness (QED) is 0.0378. The molecule has 0 N–H and O–H groups in total. The lowest BCUT2D eigenvalue weighted by molar-refractivity contribution is -0.001000. The number of benzene rings is 2. The first-order valence-electron chi connectivity index (χ1n) is 23.8. The second-order valence-electron chi connectivity index (χ2n) is 17.4. The molecular formula is C51H90Br2OP2. The highest BCUT2D eigenvalue weighted by Gasteiger charge is 2.37. The zero-order chi connectivity index (χ0) is 39.2. The number of hydrogen-bond donors (Lipinski definition) is 0. The van der Waals surface area contributed by atoms with Gasteiger partial charge in [-0.25, -0.2) is 0 Å². The maximum atomic E-state index is 13.9. The number of unbranched alkanes of at least 4 members (excludes halogenated alkanes) is 18. The first-order valence-corrected chi connectivity index (χ1v) is 28.9. The van der Waals surface area contributed by atoms with Crippen LogP contribution in [0.25, 0.3) is 0 Å². The third-order valence-corrected chi connectivity index (χ3v) is 22.0. The minimum absolute atomic E-state index is 0. The molecule has 56 heavy (non-hydrogen) atoms. The third-order valence-electron chi connectivity index (χ3n) is 12.4. The molecule has 0 bridgehead atoms. The number of halogens is 2. The Bertz CT molecular complexity index is 1030. The van der Waals surface area contributed by atoms with Gasteiger partial charge in [-0.15, -0.1) is 0 Å². The molecule has 0 fully saturated rings. The van der Waals surface area contributed by atoms with E-state index < -0.39 is 14.5 Å². The molecule has 0 unspecified atom stereocenters. The monoisotopic (exact) mass is 938 g/mol. The van der Waals surface area contributed by atoms with Crippen LogP contribution in [0.2, 0.25) is 0 Å². The van der Waals surface area contributed by atoms with Crippen LogP contribution in [-0.2, 0) is 12.3 Å². The topological polar surface area (TPSA) is 17.1 Å².